The van der Waals surface area contributed by atoms with Gasteiger partial charge < -0.3 is 5.32 Å². The topological polar surface area (TPSA) is 99.1 Å². The van der Waals surface area contributed by atoms with Gasteiger partial charge in [-0.15, -0.1) is 0 Å². The number of anilines is 1. The van der Waals surface area contributed by atoms with Crippen molar-refractivity contribution in [2.75, 3.05) is 5.32 Å². The van der Waals surface area contributed by atoms with Crippen molar-refractivity contribution in [2.45, 2.75) is 23.3 Å². The van der Waals surface area contributed by atoms with E-state index in [9.17, 15) is 26.4 Å². The van der Waals surface area contributed by atoms with Gasteiger partial charge in [-0.3, -0.25) is 4.79 Å². The van der Waals surface area contributed by atoms with Gasteiger partial charge in [-0.1, -0.05) is 0 Å². The maximum absolute atomic E-state index is 14.0. The molecule has 2 aromatic carbocycles. The summed E-state index contributed by atoms with van der Waals surface area (Å²) in [5.41, 5.74) is -1.92. The number of nitrogens with zero attached hydrogens (tertiary/aromatic N) is 1. The molecule has 0 aromatic heterocycles. The lowest BCUT2D eigenvalue weighted by atomic mass is 10.2. The molecule has 2 N–H and O–H groups in total. The molecule has 0 aliphatic heterocycles. The van der Waals surface area contributed by atoms with Crippen LogP contribution in [-0.2, 0) is 10.0 Å². The third-order valence-corrected chi connectivity index (χ3v) is 5.50. The van der Waals surface area contributed by atoms with Gasteiger partial charge in [-0.05, 0) is 43.2 Å². The summed E-state index contributed by atoms with van der Waals surface area (Å²) >= 11 is 0. The van der Waals surface area contributed by atoms with Gasteiger partial charge in [0.1, 0.15) is 11.4 Å². The van der Waals surface area contributed by atoms with E-state index in [1.807, 2.05) is 6.07 Å². The minimum atomic E-state index is -4.15. The first-order valence-electron chi connectivity index (χ1n) is 7.67. The molecule has 0 bridgehead atoms. The standard InChI is InChI=1S/C17H12F3N3O3S/c18-13-4-2-11(27(25,26)23-17(9-21)5-6-17)8-12(13)16(24)22-10-1-3-14(19)15(20)7-10/h1-4,7-8,23H,5-6H2,(H,22,24). The highest BCUT2D eigenvalue weighted by molar-refractivity contribution is 7.89. The van der Waals surface area contributed by atoms with Crippen LogP contribution in [0.1, 0.15) is 23.2 Å². The Bertz CT molecular complexity index is 1080. The number of hydrogen-bond acceptors (Lipinski definition) is 4. The molecule has 1 aliphatic rings. The highest BCUT2D eigenvalue weighted by atomic mass is 32.2. The van der Waals surface area contributed by atoms with E-state index in [0.717, 1.165) is 30.3 Å². The molecular weight excluding hydrogens is 383 g/mol. The lowest BCUT2D eigenvalue weighted by molar-refractivity contribution is 0.102. The lowest BCUT2D eigenvalue weighted by Gasteiger charge is -2.12. The Labute approximate surface area is 152 Å². The molecule has 2 aromatic rings. The SMILES string of the molecule is N#CC1(NS(=O)(=O)c2ccc(F)c(C(=O)Nc3ccc(F)c(F)c3)c2)CC1. The van der Waals surface area contributed by atoms with Gasteiger partial charge in [-0.25, -0.2) is 21.6 Å². The molecule has 0 radical (unpaired) electrons. The van der Waals surface area contributed by atoms with E-state index in [-0.39, 0.29) is 5.69 Å². The van der Waals surface area contributed by atoms with Crippen molar-refractivity contribution in [2.24, 2.45) is 0 Å². The maximum Gasteiger partial charge on any atom is 0.258 e. The van der Waals surface area contributed by atoms with Gasteiger partial charge in [0.25, 0.3) is 5.91 Å². The average molecular weight is 395 g/mol. The number of benzene rings is 2. The number of carbonyl (C=O) groups is 1. The molecule has 140 valence electrons. The molecule has 1 aliphatic carbocycles. The van der Waals surface area contributed by atoms with Crippen LogP contribution < -0.4 is 10.0 Å². The third kappa shape index (κ3) is 3.94. The summed E-state index contributed by atoms with van der Waals surface area (Å²) < 4.78 is 67.1. The minimum absolute atomic E-state index is 0.133. The first-order valence-corrected chi connectivity index (χ1v) is 9.15. The predicted octanol–water partition coefficient (Wildman–Crippen LogP) is 2.69. The van der Waals surface area contributed by atoms with E-state index >= 15 is 0 Å². The molecule has 0 atom stereocenters. The van der Waals surface area contributed by atoms with E-state index in [2.05, 4.69) is 10.0 Å². The molecule has 1 saturated carbocycles. The van der Waals surface area contributed by atoms with E-state index in [4.69, 9.17) is 5.26 Å². The second kappa shape index (κ2) is 6.68. The highest BCUT2D eigenvalue weighted by Gasteiger charge is 2.46. The van der Waals surface area contributed by atoms with Gasteiger partial charge in [0.2, 0.25) is 10.0 Å². The number of rotatable bonds is 5. The van der Waals surface area contributed by atoms with Gasteiger partial charge in [0, 0.05) is 11.8 Å². The molecule has 0 unspecified atom stereocenters. The van der Waals surface area contributed by atoms with Crippen molar-refractivity contribution < 1.29 is 26.4 Å². The Morgan fingerprint density at radius 1 is 1.04 bits per heavy atom. The van der Waals surface area contributed by atoms with E-state index in [0.29, 0.717) is 18.9 Å². The molecule has 10 heteroatoms. The largest absolute Gasteiger partial charge is 0.322 e. The summed E-state index contributed by atoms with van der Waals surface area (Å²) in [6.07, 6.45) is 0.709. The number of carbonyl (C=O) groups excluding carboxylic acids is 1. The molecule has 1 fully saturated rings. The fourth-order valence-electron chi connectivity index (χ4n) is 2.30. The molecule has 3 rings (SSSR count). The van der Waals surface area contributed by atoms with Crippen LogP contribution in [0.3, 0.4) is 0 Å². The predicted molar refractivity (Wildman–Crippen MR) is 88.6 cm³/mol. The zero-order valence-corrected chi connectivity index (χ0v) is 14.4. The summed E-state index contributed by atoms with van der Waals surface area (Å²) in [7, 11) is -4.15. The normalized spacial score (nSPS) is 15.0. The summed E-state index contributed by atoms with van der Waals surface area (Å²) in [5.74, 6) is -4.38. The first-order chi connectivity index (χ1) is 12.7. The van der Waals surface area contributed by atoms with Crippen molar-refractivity contribution in [3.63, 3.8) is 0 Å². The van der Waals surface area contributed by atoms with Crippen LogP contribution in [0.4, 0.5) is 18.9 Å². The van der Waals surface area contributed by atoms with Crippen LogP contribution in [0.2, 0.25) is 0 Å². The van der Waals surface area contributed by atoms with Gasteiger partial charge in [0.05, 0.1) is 16.5 Å². The van der Waals surface area contributed by atoms with Crippen LogP contribution in [-0.4, -0.2) is 19.9 Å². The Kier molecular flexibility index (Phi) is 4.67. The summed E-state index contributed by atoms with van der Waals surface area (Å²) in [6.45, 7) is 0. The zero-order chi connectivity index (χ0) is 19.8. The molecular formula is C17H12F3N3O3S. The zero-order valence-electron chi connectivity index (χ0n) is 13.6. The average Bonchev–Trinajstić information content (AvgIpc) is 3.37. The number of hydrogen-bond donors (Lipinski definition) is 2. The molecule has 0 saturated heterocycles. The number of halogens is 3. The second-order valence-electron chi connectivity index (χ2n) is 6.02. The van der Waals surface area contributed by atoms with Gasteiger partial charge >= 0.3 is 0 Å². The van der Waals surface area contributed by atoms with E-state index in [1.165, 1.54) is 0 Å². The minimum Gasteiger partial charge on any atom is -0.322 e. The smallest absolute Gasteiger partial charge is 0.258 e. The van der Waals surface area contributed by atoms with Crippen molar-refractivity contribution in [1.82, 2.24) is 4.72 Å². The lowest BCUT2D eigenvalue weighted by Crippen LogP contribution is -2.35. The summed E-state index contributed by atoms with van der Waals surface area (Å²) in [4.78, 5) is 11.8. The molecule has 1 amide bonds. The third-order valence-electron chi connectivity index (χ3n) is 3.96. The molecule has 0 heterocycles. The van der Waals surface area contributed by atoms with Gasteiger partial charge in [0.15, 0.2) is 11.6 Å². The number of nitrogens with one attached hydrogen (secondary N) is 2. The second-order valence-corrected chi connectivity index (χ2v) is 7.71. The van der Waals surface area contributed by atoms with Crippen LogP contribution >= 0.6 is 0 Å². The van der Waals surface area contributed by atoms with Gasteiger partial charge in [-0.2, -0.15) is 9.98 Å². The van der Waals surface area contributed by atoms with E-state index in [1.54, 1.807) is 0 Å². The van der Waals surface area contributed by atoms with Crippen molar-refractivity contribution in [1.29, 1.82) is 5.26 Å². The van der Waals surface area contributed by atoms with Crippen molar-refractivity contribution >= 4 is 21.6 Å². The first kappa shape index (κ1) is 18.9. The summed E-state index contributed by atoms with van der Waals surface area (Å²) in [6, 6.07) is 6.97. The monoisotopic (exact) mass is 395 g/mol. The quantitative estimate of drug-likeness (QED) is 0.813. The maximum atomic E-state index is 14.0. The molecule has 27 heavy (non-hydrogen) atoms. The Balaban J connectivity index is 1.87. The van der Waals surface area contributed by atoms with E-state index < -0.39 is 49.4 Å². The number of amides is 1. The van der Waals surface area contributed by atoms with Crippen LogP contribution in [0.25, 0.3) is 0 Å². The Morgan fingerprint density at radius 2 is 1.70 bits per heavy atom. The number of nitriles is 1. The van der Waals surface area contributed by atoms with Crippen LogP contribution in [0.15, 0.2) is 41.3 Å². The summed E-state index contributed by atoms with van der Waals surface area (Å²) in [5, 5.41) is 11.2. The molecule has 0 spiro atoms. The van der Waals surface area contributed by atoms with Crippen molar-refractivity contribution in [3.8, 4) is 6.07 Å². The molecule has 6 nitrogen and oxygen atoms in total. The van der Waals surface area contributed by atoms with Crippen molar-refractivity contribution in [3.05, 3.63) is 59.4 Å². The fraction of sp³-hybridized carbons (Fsp3) is 0.176. The number of sulfonamides is 1. The van der Waals surface area contributed by atoms with Crippen LogP contribution in [0.5, 0.6) is 0 Å². The van der Waals surface area contributed by atoms with Crippen LogP contribution in [0, 0.1) is 28.8 Å². The fourth-order valence-corrected chi connectivity index (χ4v) is 3.70. The Morgan fingerprint density at radius 3 is 2.30 bits per heavy atom. The Hall–Kier alpha value is -2.90. The highest BCUT2D eigenvalue weighted by Crippen LogP contribution is 2.36.